The Labute approximate surface area is 164 Å². The maximum atomic E-state index is 13.0. The van der Waals surface area contributed by atoms with Gasteiger partial charge in [0.05, 0.1) is 11.6 Å². The summed E-state index contributed by atoms with van der Waals surface area (Å²) in [6.45, 7) is 2.01. The minimum absolute atomic E-state index is 0.0108. The average Bonchev–Trinajstić information content (AvgIpc) is 3.03. The molecule has 0 radical (unpaired) electrons. The number of carbonyl (C=O) groups is 2. The quantitative estimate of drug-likeness (QED) is 0.582. The van der Waals surface area contributed by atoms with Gasteiger partial charge in [-0.25, -0.2) is 0 Å². The van der Waals surface area contributed by atoms with Crippen LogP contribution >= 0.6 is 0 Å². The number of hydrogen-bond donors (Lipinski definition) is 0. The van der Waals surface area contributed by atoms with E-state index in [2.05, 4.69) is 0 Å². The molecule has 4 heteroatoms. The fourth-order valence-electron chi connectivity index (χ4n) is 3.59. The number of rotatable bonds is 5. The average molecular weight is 371 g/mol. The number of anilines is 1. The molecule has 0 bridgehead atoms. The van der Waals surface area contributed by atoms with Gasteiger partial charge in [0.1, 0.15) is 11.5 Å². The summed E-state index contributed by atoms with van der Waals surface area (Å²) in [4.78, 5) is 26.9. The van der Waals surface area contributed by atoms with Crippen molar-refractivity contribution in [2.24, 2.45) is 5.92 Å². The fraction of sp³-hybridized carbons (Fsp3) is 0.167. The third-order valence-electron chi connectivity index (χ3n) is 5.18. The van der Waals surface area contributed by atoms with Crippen molar-refractivity contribution in [3.05, 3.63) is 90.5 Å². The molecule has 28 heavy (non-hydrogen) atoms. The van der Waals surface area contributed by atoms with Gasteiger partial charge in [-0.3, -0.25) is 14.5 Å². The van der Waals surface area contributed by atoms with Gasteiger partial charge in [0.2, 0.25) is 11.8 Å². The van der Waals surface area contributed by atoms with E-state index in [1.54, 1.807) is 24.3 Å². The first-order chi connectivity index (χ1) is 13.6. The molecule has 1 fully saturated rings. The zero-order chi connectivity index (χ0) is 19.5. The van der Waals surface area contributed by atoms with Crippen molar-refractivity contribution in [1.82, 2.24) is 0 Å². The molecule has 4 nitrogen and oxygen atoms in total. The number of ether oxygens (including phenoxy) is 1. The number of hydrogen-bond acceptors (Lipinski definition) is 3. The lowest BCUT2D eigenvalue weighted by Crippen LogP contribution is -2.31. The van der Waals surface area contributed by atoms with Gasteiger partial charge >= 0.3 is 0 Å². The first kappa shape index (κ1) is 18.0. The van der Waals surface area contributed by atoms with Crippen LogP contribution < -0.4 is 9.64 Å². The Kier molecular flexibility index (Phi) is 4.94. The molecule has 0 saturated carbocycles. The van der Waals surface area contributed by atoms with Crippen LogP contribution in [-0.4, -0.2) is 11.8 Å². The van der Waals surface area contributed by atoms with Crippen molar-refractivity contribution in [2.45, 2.75) is 19.3 Å². The molecule has 3 aromatic rings. The summed E-state index contributed by atoms with van der Waals surface area (Å²) in [5.41, 5.74) is 1.65. The van der Waals surface area contributed by atoms with E-state index in [-0.39, 0.29) is 30.1 Å². The van der Waals surface area contributed by atoms with E-state index >= 15 is 0 Å². The molecule has 4 rings (SSSR count). The maximum Gasteiger partial charge on any atom is 0.237 e. The van der Waals surface area contributed by atoms with E-state index in [0.29, 0.717) is 11.4 Å². The van der Waals surface area contributed by atoms with E-state index in [1.165, 1.54) is 4.90 Å². The van der Waals surface area contributed by atoms with Crippen molar-refractivity contribution in [1.29, 1.82) is 0 Å². The second-order valence-corrected chi connectivity index (χ2v) is 6.99. The van der Waals surface area contributed by atoms with Crippen LogP contribution in [0.25, 0.3) is 0 Å². The second kappa shape index (κ2) is 7.69. The monoisotopic (exact) mass is 371 g/mol. The first-order valence-corrected chi connectivity index (χ1v) is 9.38. The van der Waals surface area contributed by atoms with Crippen molar-refractivity contribution in [2.75, 3.05) is 4.90 Å². The van der Waals surface area contributed by atoms with Crippen LogP contribution in [0.1, 0.15) is 24.8 Å². The Bertz CT molecular complexity index is 968. The third-order valence-corrected chi connectivity index (χ3v) is 5.18. The SMILES string of the molecule is C[C@H](c1ccccc1)[C@@H]1CC(=O)N(c2ccc(Oc3ccccc3)cc2)C1=O. The van der Waals surface area contributed by atoms with Crippen LogP contribution in [0.4, 0.5) is 5.69 Å². The Balaban J connectivity index is 1.51. The summed E-state index contributed by atoms with van der Waals surface area (Å²) >= 11 is 0. The topological polar surface area (TPSA) is 46.6 Å². The fourth-order valence-corrected chi connectivity index (χ4v) is 3.59. The van der Waals surface area contributed by atoms with Gasteiger partial charge in [-0.05, 0) is 47.9 Å². The summed E-state index contributed by atoms with van der Waals surface area (Å²) in [5.74, 6) is 0.745. The van der Waals surface area contributed by atoms with Gasteiger partial charge < -0.3 is 4.74 Å². The smallest absolute Gasteiger partial charge is 0.237 e. The molecule has 0 aliphatic carbocycles. The number of carbonyl (C=O) groups excluding carboxylic acids is 2. The predicted octanol–water partition coefficient (Wildman–Crippen LogP) is 5.16. The normalized spacial score (nSPS) is 17.6. The van der Waals surface area contributed by atoms with Crippen LogP contribution in [0.2, 0.25) is 0 Å². The molecule has 0 spiro atoms. The zero-order valence-corrected chi connectivity index (χ0v) is 15.6. The molecule has 1 aliphatic rings. The van der Waals surface area contributed by atoms with Crippen LogP contribution in [0.3, 0.4) is 0 Å². The summed E-state index contributed by atoms with van der Waals surface area (Å²) in [6, 6.07) is 26.4. The number of amides is 2. The third kappa shape index (κ3) is 3.54. The molecule has 0 N–H and O–H groups in total. The number of benzene rings is 3. The molecular formula is C24H21NO3. The van der Waals surface area contributed by atoms with Crippen molar-refractivity contribution in [3.8, 4) is 11.5 Å². The summed E-state index contributed by atoms with van der Waals surface area (Å²) in [5, 5.41) is 0. The van der Waals surface area contributed by atoms with Crippen LogP contribution in [0.5, 0.6) is 11.5 Å². The molecule has 2 amide bonds. The van der Waals surface area contributed by atoms with Crippen LogP contribution in [-0.2, 0) is 9.59 Å². The summed E-state index contributed by atoms with van der Waals surface area (Å²) < 4.78 is 5.78. The van der Waals surface area contributed by atoms with E-state index < -0.39 is 0 Å². The predicted molar refractivity (Wildman–Crippen MR) is 108 cm³/mol. The molecule has 1 saturated heterocycles. The molecule has 1 heterocycles. The van der Waals surface area contributed by atoms with Crippen molar-refractivity contribution >= 4 is 17.5 Å². The van der Waals surface area contributed by atoms with Crippen LogP contribution in [0.15, 0.2) is 84.9 Å². The van der Waals surface area contributed by atoms with Gasteiger partial charge in [0.15, 0.2) is 0 Å². The number of nitrogens with zero attached hydrogens (tertiary/aromatic N) is 1. The highest BCUT2D eigenvalue weighted by atomic mass is 16.5. The van der Waals surface area contributed by atoms with Gasteiger partial charge in [0, 0.05) is 6.42 Å². The Morgan fingerprint density at radius 2 is 1.39 bits per heavy atom. The highest BCUT2D eigenvalue weighted by Gasteiger charge is 2.42. The van der Waals surface area contributed by atoms with Gasteiger partial charge in [0.25, 0.3) is 0 Å². The molecule has 3 aromatic carbocycles. The highest BCUT2D eigenvalue weighted by molar-refractivity contribution is 6.21. The lowest BCUT2D eigenvalue weighted by Gasteiger charge is -2.19. The Morgan fingerprint density at radius 1 is 0.821 bits per heavy atom. The number of imide groups is 1. The van der Waals surface area contributed by atoms with E-state index in [9.17, 15) is 9.59 Å². The minimum atomic E-state index is -0.338. The lowest BCUT2D eigenvalue weighted by molar-refractivity contribution is -0.122. The van der Waals surface area contributed by atoms with Crippen LogP contribution in [0, 0.1) is 5.92 Å². The molecule has 0 aromatic heterocycles. The second-order valence-electron chi connectivity index (χ2n) is 6.99. The van der Waals surface area contributed by atoms with E-state index in [4.69, 9.17) is 4.74 Å². The molecule has 1 aliphatic heterocycles. The zero-order valence-electron chi connectivity index (χ0n) is 15.6. The van der Waals surface area contributed by atoms with Gasteiger partial charge in [-0.1, -0.05) is 55.5 Å². The molecular weight excluding hydrogens is 350 g/mol. The van der Waals surface area contributed by atoms with E-state index in [1.807, 2.05) is 67.6 Å². The maximum absolute atomic E-state index is 13.0. The van der Waals surface area contributed by atoms with Gasteiger partial charge in [-0.15, -0.1) is 0 Å². The summed E-state index contributed by atoms with van der Waals surface area (Å²) in [6.07, 6.45) is 0.233. The van der Waals surface area contributed by atoms with E-state index in [0.717, 1.165) is 11.3 Å². The lowest BCUT2D eigenvalue weighted by atomic mass is 9.86. The molecule has 2 atom stereocenters. The molecule has 0 unspecified atom stereocenters. The van der Waals surface area contributed by atoms with Crippen molar-refractivity contribution < 1.29 is 14.3 Å². The largest absolute Gasteiger partial charge is 0.457 e. The molecule has 140 valence electrons. The van der Waals surface area contributed by atoms with Crippen molar-refractivity contribution in [3.63, 3.8) is 0 Å². The Hall–Kier alpha value is -3.40. The summed E-state index contributed by atoms with van der Waals surface area (Å²) in [7, 11) is 0. The standard InChI is InChI=1S/C24H21NO3/c1-17(18-8-4-2-5-9-18)22-16-23(26)25(24(22)27)19-12-14-21(15-13-19)28-20-10-6-3-7-11-20/h2-15,17,22H,16H2,1H3/t17-,22+/m1/s1. The Morgan fingerprint density at radius 3 is 2.04 bits per heavy atom. The minimum Gasteiger partial charge on any atom is -0.457 e. The highest BCUT2D eigenvalue weighted by Crippen LogP contribution is 2.36. The van der Waals surface area contributed by atoms with Gasteiger partial charge in [-0.2, -0.15) is 0 Å². The number of para-hydroxylation sites is 1. The first-order valence-electron chi connectivity index (χ1n) is 9.38.